The summed E-state index contributed by atoms with van der Waals surface area (Å²) in [5, 5.41) is 11.6. The SMILES string of the molecule is CCCCOC(=O)[C@H]1[C@H](OC(CC)CC)[C@H](Sc2ccc(C)cc2)[C@H](C(=O)OCC)C[C@@H]1[N+](=O)[O-]. The number of nitrogens with zero attached hydrogens (tertiary/aromatic N) is 1. The summed E-state index contributed by atoms with van der Waals surface area (Å²) >= 11 is 1.41. The number of rotatable bonds is 13. The lowest BCUT2D eigenvalue weighted by Gasteiger charge is -2.42. The summed E-state index contributed by atoms with van der Waals surface area (Å²) in [7, 11) is 0. The van der Waals surface area contributed by atoms with E-state index in [1.54, 1.807) is 6.92 Å². The van der Waals surface area contributed by atoms with Crippen molar-refractivity contribution in [2.24, 2.45) is 11.8 Å². The minimum Gasteiger partial charge on any atom is -0.466 e. The Balaban J connectivity index is 2.55. The van der Waals surface area contributed by atoms with Gasteiger partial charge in [0.15, 0.2) is 5.92 Å². The lowest BCUT2D eigenvalue weighted by molar-refractivity contribution is -0.537. The van der Waals surface area contributed by atoms with Crippen molar-refractivity contribution in [2.75, 3.05) is 13.2 Å². The van der Waals surface area contributed by atoms with Crippen LogP contribution in [-0.4, -0.2) is 53.6 Å². The maximum Gasteiger partial charge on any atom is 0.318 e. The van der Waals surface area contributed by atoms with E-state index in [0.717, 1.165) is 16.9 Å². The number of carbonyl (C=O) groups is 2. The van der Waals surface area contributed by atoms with E-state index in [-0.39, 0.29) is 25.7 Å². The minimum absolute atomic E-state index is 0.105. The summed E-state index contributed by atoms with van der Waals surface area (Å²) in [6.45, 7) is 9.99. The van der Waals surface area contributed by atoms with Crippen molar-refractivity contribution >= 4 is 23.7 Å². The number of ether oxygens (including phenoxy) is 3. The van der Waals surface area contributed by atoms with Gasteiger partial charge in [-0.15, -0.1) is 11.8 Å². The predicted octanol–water partition coefficient (Wildman–Crippen LogP) is 5.22. The van der Waals surface area contributed by atoms with E-state index in [1.165, 1.54) is 11.8 Å². The normalized spacial score (nSPS) is 24.2. The Morgan fingerprint density at radius 1 is 1.09 bits per heavy atom. The van der Waals surface area contributed by atoms with Gasteiger partial charge in [-0.2, -0.15) is 0 Å². The molecular formula is C26H39NO7S. The number of unbranched alkanes of at least 4 members (excludes halogenated alkanes) is 1. The zero-order valence-electron chi connectivity index (χ0n) is 21.4. The zero-order valence-corrected chi connectivity index (χ0v) is 22.3. The highest BCUT2D eigenvalue weighted by Gasteiger charge is 2.57. The van der Waals surface area contributed by atoms with Crippen molar-refractivity contribution in [3.8, 4) is 0 Å². The summed E-state index contributed by atoms with van der Waals surface area (Å²) in [5.41, 5.74) is 1.09. The summed E-state index contributed by atoms with van der Waals surface area (Å²) in [6.07, 6.45) is 1.68. The molecule has 1 aliphatic carbocycles. The van der Waals surface area contributed by atoms with Crippen LogP contribution in [0.5, 0.6) is 0 Å². The van der Waals surface area contributed by atoms with E-state index in [2.05, 4.69) is 0 Å². The van der Waals surface area contributed by atoms with Gasteiger partial charge in [0.05, 0.1) is 36.6 Å². The van der Waals surface area contributed by atoms with E-state index in [0.29, 0.717) is 19.3 Å². The molecule has 2 rings (SSSR count). The van der Waals surface area contributed by atoms with E-state index in [9.17, 15) is 19.7 Å². The number of aryl methyl sites for hydroxylation is 1. The number of hydrogen-bond donors (Lipinski definition) is 0. The Morgan fingerprint density at radius 3 is 2.29 bits per heavy atom. The number of thioether (sulfide) groups is 1. The van der Waals surface area contributed by atoms with Crippen LogP contribution in [0.1, 0.15) is 65.4 Å². The van der Waals surface area contributed by atoms with Crippen LogP contribution in [0.2, 0.25) is 0 Å². The Hall–Kier alpha value is -2.13. The van der Waals surface area contributed by atoms with Crippen molar-refractivity contribution < 1.29 is 28.7 Å². The molecule has 0 unspecified atom stereocenters. The third-order valence-corrected chi connectivity index (χ3v) is 7.83. The van der Waals surface area contributed by atoms with Crippen LogP contribution in [0.4, 0.5) is 0 Å². The highest BCUT2D eigenvalue weighted by molar-refractivity contribution is 8.00. The standard InChI is InChI=1S/C26H39NO7S/c1-6-10-15-33-26(29)22-21(27(30)31)16-20(25(28)32-9-4)24(23(22)34-18(7-2)8-3)35-19-13-11-17(5)12-14-19/h11-14,18,20-24H,6-10,15-16H2,1-5H3/t20-,21+,22-,23+,24-/m1/s1. The van der Waals surface area contributed by atoms with Crippen LogP contribution in [0, 0.1) is 28.9 Å². The lowest BCUT2D eigenvalue weighted by Crippen LogP contribution is -2.58. The summed E-state index contributed by atoms with van der Waals surface area (Å²) in [5.74, 6) is -3.04. The molecule has 0 heterocycles. The van der Waals surface area contributed by atoms with Crippen molar-refractivity contribution in [1.82, 2.24) is 0 Å². The number of esters is 2. The van der Waals surface area contributed by atoms with Crippen molar-refractivity contribution in [1.29, 1.82) is 0 Å². The molecule has 0 aliphatic heterocycles. The van der Waals surface area contributed by atoms with Gasteiger partial charge in [0.25, 0.3) is 0 Å². The molecule has 0 saturated heterocycles. The van der Waals surface area contributed by atoms with Crippen molar-refractivity contribution in [2.45, 2.75) is 95.1 Å². The second-order valence-electron chi connectivity index (χ2n) is 8.93. The number of benzene rings is 1. The molecule has 0 bridgehead atoms. The van der Waals surface area contributed by atoms with Gasteiger partial charge in [-0.1, -0.05) is 44.9 Å². The van der Waals surface area contributed by atoms with Gasteiger partial charge < -0.3 is 14.2 Å². The van der Waals surface area contributed by atoms with E-state index >= 15 is 0 Å². The van der Waals surface area contributed by atoms with Gasteiger partial charge in [0.1, 0.15) is 0 Å². The maximum absolute atomic E-state index is 13.3. The average Bonchev–Trinajstić information content (AvgIpc) is 2.84. The van der Waals surface area contributed by atoms with Crippen LogP contribution in [0.15, 0.2) is 29.2 Å². The Labute approximate surface area is 212 Å². The quantitative estimate of drug-likeness (QED) is 0.154. The fourth-order valence-electron chi connectivity index (χ4n) is 4.38. The smallest absolute Gasteiger partial charge is 0.318 e. The first-order chi connectivity index (χ1) is 16.8. The predicted molar refractivity (Wildman–Crippen MR) is 135 cm³/mol. The molecule has 35 heavy (non-hydrogen) atoms. The van der Waals surface area contributed by atoms with Crippen LogP contribution < -0.4 is 0 Å². The van der Waals surface area contributed by atoms with Gasteiger partial charge in [0.2, 0.25) is 6.04 Å². The molecule has 8 nitrogen and oxygen atoms in total. The van der Waals surface area contributed by atoms with Crippen LogP contribution in [-0.2, 0) is 23.8 Å². The minimum atomic E-state index is -1.30. The molecule has 1 aromatic rings. The Morgan fingerprint density at radius 2 is 1.74 bits per heavy atom. The zero-order chi connectivity index (χ0) is 26.0. The molecular weight excluding hydrogens is 470 g/mol. The monoisotopic (exact) mass is 509 g/mol. The Kier molecular flexibility index (Phi) is 12.0. The molecule has 0 spiro atoms. The van der Waals surface area contributed by atoms with E-state index in [4.69, 9.17) is 14.2 Å². The molecule has 0 aromatic heterocycles. The van der Waals surface area contributed by atoms with Gasteiger partial charge in [-0.3, -0.25) is 19.7 Å². The average molecular weight is 510 g/mol. The molecule has 1 aromatic carbocycles. The highest BCUT2D eigenvalue weighted by atomic mass is 32.2. The summed E-state index contributed by atoms with van der Waals surface area (Å²) in [6, 6.07) is 6.54. The van der Waals surface area contributed by atoms with Gasteiger partial charge >= 0.3 is 11.9 Å². The molecule has 0 radical (unpaired) electrons. The van der Waals surface area contributed by atoms with Crippen LogP contribution in [0.25, 0.3) is 0 Å². The molecule has 196 valence electrons. The molecule has 1 aliphatic rings. The summed E-state index contributed by atoms with van der Waals surface area (Å²) < 4.78 is 17.3. The lowest BCUT2D eigenvalue weighted by atomic mass is 9.75. The molecule has 9 heteroatoms. The first-order valence-electron chi connectivity index (χ1n) is 12.6. The first-order valence-corrected chi connectivity index (χ1v) is 13.5. The fraction of sp³-hybridized carbons (Fsp3) is 0.692. The topological polar surface area (TPSA) is 105 Å². The fourth-order valence-corrected chi connectivity index (χ4v) is 5.74. The molecule has 5 atom stereocenters. The summed E-state index contributed by atoms with van der Waals surface area (Å²) in [4.78, 5) is 38.9. The van der Waals surface area contributed by atoms with Crippen LogP contribution >= 0.6 is 11.8 Å². The van der Waals surface area contributed by atoms with E-state index < -0.39 is 46.1 Å². The molecule has 1 fully saturated rings. The number of hydrogen-bond acceptors (Lipinski definition) is 8. The highest BCUT2D eigenvalue weighted by Crippen LogP contribution is 2.44. The van der Waals surface area contributed by atoms with Crippen LogP contribution in [0.3, 0.4) is 0 Å². The van der Waals surface area contributed by atoms with Crippen molar-refractivity contribution in [3.05, 3.63) is 39.9 Å². The number of nitro groups is 1. The van der Waals surface area contributed by atoms with Gasteiger partial charge in [-0.25, -0.2) is 0 Å². The molecule has 0 amide bonds. The van der Waals surface area contributed by atoms with Gasteiger partial charge in [-0.05, 0) is 45.2 Å². The second-order valence-corrected chi connectivity index (χ2v) is 10.2. The Bertz CT molecular complexity index is 827. The van der Waals surface area contributed by atoms with Gasteiger partial charge in [0, 0.05) is 16.2 Å². The first kappa shape index (κ1) is 29.1. The third kappa shape index (κ3) is 7.93. The van der Waals surface area contributed by atoms with Crippen molar-refractivity contribution in [3.63, 3.8) is 0 Å². The van der Waals surface area contributed by atoms with E-state index in [1.807, 2.05) is 52.0 Å². The molecule has 0 N–H and O–H groups in total. The largest absolute Gasteiger partial charge is 0.466 e. The second kappa shape index (κ2) is 14.4. The maximum atomic E-state index is 13.3. The molecule has 1 saturated carbocycles. The number of carbonyl (C=O) groups excluding carboxylic acids is 2. The third-order valence-electron chi connectivity index (χ3n) is 6.41.